The number of aromatic nitrogens is 1. The number of nitrogens with one attached hydrogen (secondary N) is 1. The van der Waals surface area contributed by atoms with Crippen LogP contribution in [0.5, 0.6) is 0 Å². The molecule has 3 N–H and O–H groups in total. The van der Waals surface area contributed by atoms with Crippen molar-refractivity contribution in [3.05, 3.63) is 59.9 Å². The van der Waals surface area contributed by atoms with Gasteiger partial charge in [0.2, 0.25) is 0 Å². The van der Waals surface area contributed by atoms with Crippen molar-refractivity contribution in [2.75, 3.05) is 5.32 Å². The Hall–Kier alpha value is -2.52. The molecular formula is C14H11F3N4OS. The average molecular weight is 340 g/mol. The fourth-order valence-electron chi connectivity index (χ4n) is 1.63. The van der Waals surface area contributed by atoms with Crippen molar-refractivity contribution >= 4 is 28.9 Å². The molecule has 1 aromatic carbocycles. The number of carbonyl (C=O) groups excluding carboxylic acids is 1. The highest BCUT2D eigenvalue weighted by Gasteiger charge is 2.30. The molecule has 1 amide bonds. The largest absolute Gasteiger partial charge is 0.416 e. The molecule has 0 radical (unpaired) electrons. The molecule has 0 saturated carbocycles. The SMILES string of the molecule is NN(C(=O)c1ccccn1)C(=S)Nc1ccc(C(F)(F)F)cc1. The lowest BCUT2D eigenvalue weighted by molar-refractivity contribution is -0.137. The van der Waals surface area contributed by atoms with Crippen LogP contribution in [0, 0.1) is 0 Å². The number of alkyl halides is 3. The third kappa shape index (κ3) is 4.24. The van der Waals surface area contributed by atoms with Gasteiger partial charge in [0.1, 0.15) is 5.69 Å². The van der Waals surface area contributed by atoms with E-state index in [9.17, 15) is 18.0 Å². The van der Waals surface area contributed by atoms with Gasteiger partial charge in [-0.1, -0.05) is 6.07 Å². The van der Waals surface area contributed by atoms with Gasteiger partial charge in [0, 0.05) is 11.9 Å². The molecule has 2 aromatic rings. The predicted molar refractivity (Wildman–Crippen MR) is 82.3 cm³/mol. The van der Waals surface area contributed by atoms with E-state index < -0.39 is 17.6 Å². The highest BCUT2D eigenvalue weighted by Crippen LogP contribution is 2.29. The number of rotatable bonds is 2. The topological polar surface area (TPSA) is 71.2 Å². The van der Waals surface area contributed by atoms with Crippen LogP contribution in [0.15, 0.2) is 48.7 Å². The van der Waals surface area contributed by atoms with Crippen molar-refractivity contribution in [1.82, 2.24) is 9.99 Å². The number of amides is 1. The van der Waals surface area contributed by atoms with E-state index in [2.05, 4.69) is 10.3 Å². The van der Waals surface area contributed by atoms with Gasteiger partial charge >= 0.3 is 6.18 Å². The fourth-order valence-corrected chi connectivity index (χ4v) is 1.83. The molecule has 0 bridgehead atoms. The van der Waals surface area contributed by atoms with Crippen molar-refractivity contribution in [2.24, 2.45) is 5.84 Å². The van der Waals surface area contributed by atoms with Crippen LogP contribution < -0.4 is 11.2 Å². The molecule has 9 heteroatoms. The minimum absolute atomic E-state index is 0.0894. The summed E-state index contributed by atoms with van der Waals surface area (Å²) in [6.45, 7) is 0. The van der Waals surface area contributed by atoms with Crippen LogP contribution in [0.3, 0.4) is 0 Å². The number of nitrogens with zero attached hydrogens (tertiary/aromatic N) is 2. The van der Waals surface area contributed by atoms with Gasteiger partial charge in [0.15, 0.2) is 5.11 Å². The second-order valence-electron chi connectivity index (χ2n) is 4.40. The van der Waals surface area contributed by atoms with Crippen LogP contribution in [0.4, 0.5) is 18.9 Å². The first kappa shape index (κ1) is 16.8. The molecule has 0 fully saturated rings. The van der Waals surface area contributed by atoms with E-state index in [1.54, 1.807) is 12.1 Å². The number of hydrogen-bond acceptors (Lipinski definition) is 4. The molecule has 0 aliphatic heterocycles. The van der Waals surface area contributed by atoms with Gasteiger partial charge in [-0.25, -0.2) is 10.9 Å². The lowest BCUT2D eigenvalue weighted by Gasteiger charge is -2.18. The van der Waals surface area contributed by atoms with E-state index in [0.29, 0.717) is 5.01 Å². The number of anilines is 1. The Morgan fingerprint density at radius 2 is 1.83 bits per heavy atom. The number of hydrazine groups is 1. The molecular weight excluding hydrogens is 329 g/mol. The molecule has 2 rings (SSSR count). The summed E-state index contributed by atoms with van der Waals surface area (Å²) in [7, 11) is 0. The second-order valence-corrected chi connectivity index (χ2v) is 4.78. The highest BCUT2D eigenvalue weighted by molar-refractivity contribution is 7.80. The Morgan fingerprint density at radius 1 is 1.17 bits per heavy atom. The molecule has 5 nitrogen and oxygen atoms in total. The number of carbonyl (C=O) groups is 1. The van der Waals surface area contributed by atoms with Gasteiger partial charge in [-0.15, -0.1) is 0 Å². The normalized spacial score (nSPS) is 11.0. The minimum Gasteiger partial charge on any atom is -0.331 e. The van der Waals surface area contributed by atoms with Crippen molar-refractivity contribution in [3.63, 3.8) is 0 Å². The summed E-state index contributed by atoms with van der Waals surface area (Å²) in [5, 5.41) is 3.08. The summed E-state index contributed by atoms with van der Waals surface area (Å²) in [5.74, 6) is 4.96. The maximum absolute atomic E-state index is 12.5. The molecule has 0 saturated heterocycles. The Balaban J connectivity index is 2.05. The molecule has 1 heterocycles. The third-order valence-electron chi connectivity index (χ3n) is 2.79. The lowest BCUT2D eigenvalue weighted by Crippen LogP contribution is -2.45. The third-order valence-corrected chi connectivity index (χ3v) is 3.08. The number of benzene rings is 1. The van der Waals surface area contributed by atoms with Gasteiger partial charge in [0.05, 0.1) is 5.56 Å². The summed E-state index contributed by atoms with van der Waals surface area (Å²) in [4.78, 5) is 15.9. The quantitative estimate of drug-likeness (QED) is 0.381. The number of thiocarbonyl (C=S) groups is 1. The maximum atomic E-state index is 12.5. The number of pyridine rings is 1. The number of halogens is 3. The molecule has 0 unspecified atom stereocenters. The molecule has 1 aromatic heterocycles. The van der Waals surface area contributed by atoms with E-state index >= 15 is 0 Å². The molecule has 0 aliphatic rings. The summed E-state index contributed by atoms with van der Waals surface area (Å²) in [6, 6.07) is 8.88. The first-order valence-corrected chi connectivity index (χ1v) is 6.68. The minimum atomic E-state index is -4.42. The first-order chi connectivity index (χ1) is 10.8. The van der Waals surface area contributed by atoms with E-state index in [1.807, 2.05) is 0 Å². The van der Waals surface area contributed by atoms with Crippen molar-refractivity contribution in [3.8, 4) is 0 Å². The summed E-state index contributed by atoms with van der Waals surface area (Å²) in [5.41, 5.74) is -0.429. The van der Waals surface area contributed by atoms with E-state index in [1.165, 1.54) is 24.4 Å². The predicted octanol–water partition coefficient (Wildman–Crippen LogP) is 2.81. The number of nitrogens with two attached hydrogens (primary N) is 1. The highest BCUT2D eigenvalue weighted by atomic mass is 32.1. The van der Waals surface area contributed by atoms with Gasteiger partial charge in [-0.2, -0.15) is 13.2 Å². The zero-order valence-corrected chi connectivity index (χ0v) is 12.4. The van der Waals surface area contributed by atoms with Crippen LogP contribution in [-0.4, -0.2) is 21.0 Å². The van der Waals surface area contributed by atoms with Gasteiger partial charge in [-0.05, 0) is 48.6 Å². The fraction of sp³-hybridized carbons (Fsp3) is 0.0714. The molecule has 23 heavy (non-hydrogen) atoms. The zero-order chi connectivity index (χ0) is 17.0. The van der Waals surface area contributed by atoms with Gasteiger partial charge < -0.3 is 5.32 Å². The lowest BCUT2D eigenvalue weighted by atomic mass is 10.2. The molecule has 0 aliphatic carbocycles. The van der Waals surface area contributed by atoms with Crippen LogP contribution in [0.25, 0.3) is 0 Å². The Bertz CT molecular complexity index is 704. The van der Waals surface area contributed by atoms with Crippen LogP contribution in [0.1, 0.15) is 16.1 Å². The standard InChI is InChI=1S/C14H11F3N4OS/c15-14(16,17)9-4-6-10(7-5-9)20-13(23)21(18)12(22)11-3-1-2-8-19-11/h1-8H,18H2,(H,20,23). The van der Waals surface area contributed by atoms with Crippen LogP contribution in [-0.2, 0) is 6.18 Å². The van der Waals surface area contributed by atoms with Crippen LogP contribution in [0.2, 0.25) is 0 Å². The maximum Gasteiger partial charge on any atom is 0.416 e. The average Bonchev–Trinajstić information content (AvgIpc) is 2.54. The second kappa shape index (κ2) is 6.71. The zero-order valence-electron chi connectivity index (χ0n) is 11.5. The Kier molecular flexibility index (Phi) is 4.92. The smallest absolute Gasteiger partial charge is 0.331 e. The van der Waals surface area contributed by atoms with Gasteiger partial charge in [0.25, 0.3) is 5.91 Å². The van der Waals surface area contributed by atoms with Crippen molar-refractivity contribution in [1.29, 1.82) is 0 Å². The summed E-state index contributed by atoms with van der Waals surface area (Å²) in [6.07, 6.45) is -3.00. The van der Waals surface area contributed by atoms with Crippen LogP contribution >= 0.6 is 12.2 Å². The summed E-state index contributed by atoms with van der Waals surface area (Å²) >= 11 is 4.96. The van der Waals surface area contributed by atoms with Crippen molar-refractivity contribution in [2.45, 2.75) is 6.18 Å². The first-order valence-electron chi connectivity index (χ1n) is 6.27. The van der Waals surface area contributed by atoms with Crippen molar-refractivity contribution < 1.29 is 18.0 Å². The van der Waals surface area contributed by atoms with E-state index in [4.69, 9.17) is 18.1 Å². The molecule has 0 atom stereocenters. The Morgan fingerprint density at radius 3 is 2.35 bits per heavy atom. The Labute approximate surface area is 134 Å². The molecule has 0 spiro atoms. The van der Waals surface area contributed by atoms with E-state index in [0.717, 1.165) is 12.1 Å². The van der Waals surface area contributed by atoms with Gasteiger partial charge in [-0.3, -0.25) is 9.78 Å². The van der Waals surface area contributed by atoms with E-state index in [-0.39, 0.29) is 16.5 Å². The molecule has 120 valence electrons. The number of hydrogen-bond donors (Lipinski definition) is 2. The monoisotopic (exact) mass is 340 g/mol. The summed E-state index contributed by atoms with van der Waals surface area (Å²) < 4.78 is 37.4.